The molecule has 0 radical (unpaired) electrons. The van der Waals surface area contributed by atoms with E-state index >= 15 is 0 Å². The van der Waals surface area contributed by atoms with Gasteiger partial charge in [-0.2, -0.15) is 0 Å². The van der Waals surface area contributed by atoms with E-state index in [1.165, 1.54) is 23.9 Å². The van der Waals surface area contributed by atoms with Crippen LogP contribution in [0.15, 0.2) is 35.5 Å². The summed E-state index contributed by atoms with van der Waals surface area (Å²) >= 11 is 1.38. The van der Waals surface area contributed by atoms with E-state index in [1.807, 2.05) is 24.3 Å². The number of nitrogens with zero attached hydrogens (tertiary/aromatic N) is 5. The molecule has 1 N–H and O–H groups in total. The number of aryl methyl sites for hydroxylation is 2. The zero-order chi connectivity index (χ0) is 18.7. The summed E-state index contributed by atoms with van der Waals surface area (Å²) in [5.41, 5.74) is 1.63. The molecule has 0 fully saturated rings. The lowest BCUT2D eigenvalue weighted by Gasteiger charge is -2.06. The second-order valence-corrected chi connectivity index (χ2v) is 6.60. The molecule has 0 unspecified atom stereocenters. The lowest BCUT2D eigenvalue weighted by atomic mass is 10.2. The van der Waals surface area contributed by atoms with Crippen molar-refractivity contribution in [2.24, 2.45) is 0 Å². The minimum atomic E-state index is -0.523. The quantitative estimate of drug-likeness (QED) is 0.402. The third-order valence-corrected chi connectivity index (χ3v) is 4.52. The van der Waals surface area contributed by atoms with Gasteiger partial charge in [-0.3, -0.25) is 19.3 Å². The predicted molar refractivity (Wildman–Crippen MR) is 97.3 cm³/mol. The number of carbonyl (C=O) groups is 1. The first-order valence-corrected chi connectivity index (χ1v) is 8.79. The molecule has 1 aromatic carbocycles. The van der Waals surface area contributed by atoms with Gasteiger partial charge in [0.15, 0.2) is 10.8 Å². The number of hydrogen-bond donors (Lipinski definition) is 1. The van der Waals surface area contributed by atoms with Crippen molar-refractivity contribution in [1.29, 1.82) is 0 Å². The first-order chi connectivity index (χ1) is 12.5. The van der Waals surface area contributed by atoms with Gasteiger partial charge in [0, 0.05) is 30.0 Å². The lowest BCUT2D eigenvalue weighted by molar-refractivity contribution is -0.383. The van der Waals surface area contributed by atoms with Gasteiger partial charge in [-0.1, -0.05) is 23.9 Å². The number of carbonyl (C=O) groups excluding carboxylic acids is 1. The Morgan fingerprint density at radius 2 is 2.08 bits per heavy atom. The van der Waals surface area contributed by atoms with E-state index < -0.39 is 4.92 Å². The Kier molecular flexibility index (Phi) is 5.12. The number of thioether (sulfide) groups is 1. The topological polar surface area (TPSA) is 115 Å². The van der Waals surface area contributed by atoms with Crippen molar-refractivity contribution in [3.8, 4) is 0 Å². The molecule has 0 bridgehead atoms. The summed E-state index contributed by atoms with van der Waals surface area (Å²) < 4.78 is 1.83. The van der Waals surface area contributed by atoms with E-state index in [2.05, 4.69) is 20.5 Å². The number of rotatable bonds is 6. The summed E-state index contributed by atoms with van der Waals surface area (Å²) in [4.78, 5) is 26.9. The largest absolute Gasteiger partial charge is 0.320 e. The first kappa shape index (κ1) is 17.8. The second-order valence-electron chi connectivity index (χ2n) is 5.54. The summed E-state index contributed by atoms with van der Waals surface area (Å²) in [6.07, 6.45) is 0.184. The van der Waals surface area contributed by atoms with Gasteiger partial charge in [0.25, 0.3) is 5.69 Å². The third-order valence-electron chi connectivity index (χ3n) is 3.59. The number of fused-ring (bicyclic) bond motifs is 1. The fourth-order valence-electron chi connectivity index (χ4n) is 2.48. The molecule has 1 amide bonds. The molecule has 26 heavy (non-hydrogen) atoms. The van der Waals surface area contributed by atoms with Crippen LogP contribution in [0.2, 0.25) is 0 Å². The average Bonchev–Trinajstić information content (AvgIpc) is 2.98. The van der Waals surface area contributed by atoms with Crippen molar-refractivity contribution < 1.29 is 9.72 Å². The maximum atomic E-state index is 12.1. The van der Waals surface area contributed by atoms with Gasteiger partial charge < -0.3 is 5.32 Å². The molecule has 3 rings (SSSR count). The number of aromatic nitrogens is 4. The Hall–Kier alpha value is -3.01. The van der Waals surface area contributed by atoms with Crippen LogP contribution in [-0.4, -0.2) is 36.2 Å². The fraction of sp³-hybridized carbons (Fsp3) is 0.250. The Morgan fingerprint density at radius 3 is 2.85 bits per heavy atom. The molecule has 0 saturated carbocycles. The molecule has 2 heterocycles. The van der Waals surface area contributed by atoms with Crippen molar-refractivity contribution >= 4 is 34.7 Å². The highest BCUT2D eigenvalue weighted by Gasteiger charge is 2.15. The highest BCUT2D eigenvalue weighted by atomic mass is 32.2. The third kappa shape index (κ3) is 3.80. The summed E-state index contributed by atoms with van der Waals surface area (Å²) in [7, 11) is 0. The standard InChI is InChI=1S/C16H16N6O3S/c1-10-9-14-19-20-16(21(14)11(2)17-10)26-8-7-15(23)18-12-5-3-4-6-13(12)22(24)25/h3-6,9H,7-8H2,1-2H3,(H,18,23). The van der Waals surface area contributed by atoms with E-state index in [-0.39, 0.29) is 23.7 Å². The number of hydrogen-bond acceptors (Lipinski definition) is 7. The molecule has 0 saturated heterocycles. The van der Waals surface area contributed by atoms with Crippen LogP contribution in [0.5, 0.6) is 0 Å². The summed E-state index contributed by atoms with van der Waals surface area (Å²) in [6.45, 7) is 3.76. The van der Waals surface area contributed by atoms with Crippen molar-refractivity contribution in [2.75, 3.05) is 11.1 Å². The monoisotopic (exact) mass is 372 g/mol. The first-order valence-electron chi connectivity index (χ1n) is 7.81. The Bertz CT molecular complexity index is 987. The number of anilines is 1. The molecule has 2 aromatic heterocycles. The van der Waals surface area contributed by atoms with Crippen LogP contribution in [0.25, 0.3) is 5.65 Å². The van der Waals surface area contributed by atoms with E-state index in [4.69, 9.17) is 0 Å². The average molecular weight is 372 g/mol. The van der Waals surface area contributed by atoms with Gasteiger partial charge >= 0.3 is 0 Å². The zero-order valence-electron chi connectivity index (χ0n) is 14.2. The van der Waals surface area contributed by atoms with Crippen molar-refractivity contribution in [1.82, 2.24) is 19.6 Å². The minimum Gasteiger partial charge on any atom is -0.320 e. The van der Waals surface area contributed by atoms with Gasteiger partial charge in [-0.05, 0) is 19.9 Å². The Balaban J connectivity index is 1.62. The predicted octanol–water partition coefficient (Wildman–Crippen LogP) is 2.77. The van der Waals surface area contributed by atoms with Crippen LogP contribution in [0, 0.1) is 24.0 Å². The number of amides is 1. The highest BCUT2D eigenvalue weighted by Crippen LogP contribution is 2.24. The Labute approximate surface area is 153 Å². The minimum absolute atomic E-state index is 0.131. The van der Waals surface area contributed by atoms with Crippen molar-refractivity contribution in [3.63, 3.8) is 0 Å². The molecular formula is C16H16N6O3S. The van der Waals surface area contributed by atoms with Crippen LogP contribution in [0.4, 0.5) is 11.4 Å². The highest BCUT2D eigenvalue weighted by molar-refractivity contribution is 7.99. The van der Waals surface area contributed by atoms with Gasteiger partial charge in [0.1, 0.15) is 11.5 Å². The Morgan fingerprint density at radius 1 is 1.31 bits per heavy atom. The number of benzene rings is 1. The number of para-hydroxylation sites is 2. The maximum Gasteiger partial charge on any atom is 0.292 e. The second kappa shape index (κ2) is 7.48. The molecule has 0 aliphatic heterocycles. The summed E-state index contributed by atoms with van der Waals surface area (Å²) in [6, 6.07) is 7.89. The number of nitro groups is 1. The van der Waals surface area contributed by atoms with Crippen LogP contribution >= 0.6 is 11.8 Å². The van der Waals surface area contributed by atoms with Crippen molar-refractivity contribution in [2.45, 2.75) is 25.4 Å². The van der Waals surface area contributed by atoms with Gasteiger partial charge in [0.2, 0.25) is 5.91 Å². The normalized spacial score (nSPS) is 10.8. The van der Waals surface area contributed by atoms with E-state index in [0.717, 1.165) is 11.5 Å². The SMILES string of the molecule is Cc1cc2nnc(SCCC(=O)Nc3ccccc3[N+](=O)[O-])n2c(C)n1. The molecule has 0 atom stereocenters. The van der Waals surface area contributed by atoms with Gasteiger partial charge in [-0.15, -0.1) is 10.2 Å². The molecule has 134 valence electrons. The zero-order valence-corrected chi connectivity index (χ0v) is 15.0. The van der Waals surface area contributed by atoms with E-state index in [1.54, 1.807) is 12.1 Å². The molecule has 0 aliphatic rings. The molecular weight excluding hydrogens is 356 g/mol. The smallest absolute Gasteiger partial charge is 0.292 e. The fourth-order valence-corrected chi connectivity index (χ4v) is 3.41. The van der Waals surface area contributed by atoms with Gasteiger partial charge in [-0.25, -0.2) is 4.98 Å². The molecule has 10 heteroatoms. The van der Waals surface area contributed by atoms with Crippen LogP contribution in [-0.2, 0) is 4.79 Å². The van der Waals surface area contributed by atoms with Crippen LogP contribution in [0.1, 0.15) is 17.9 Å². The number of nitrogens with one attached hydrogen (secondary N) is 1. The molecule has 3 aromatic rings. The summed E-state index contributed by atoms with van der Waals surface area (Å²) in [5, 5.41) is 22.5. The number of nitro benzene ring substituents is 1. The van der Waals surface area contributed by atoms with Crippen LogP contribution < -0.4 is 5.32 Å². The van der Waals surface area contributed by atoms with Crippen molar-refractivity contribution in [3.05, 3.63) is 52.0 Å². The van der Waals surface area contributed by atoms with E-state index in [0.29, 0.717) is 16.6 Å². The summed E-state index contributed by atoms with van der Waals surface area (Å²) in [5.74, 6) is 0.934. The molecule has 9 nitrogen and oxygen atoms in total. The molecule has 0 aliphatic carbocycles. The molecule has 0 spiro atoms. The maximum absolute atomic E-state index is 12.1. The lowest BCUT2D eigenvalue weighted by Crippen LogP contribution is -2.13. The van der Waals surface area contributed by atoms with E-state index in [9.17, 15) is 14.9 Å². The van der Waals surface area contributed by atoms with Gasteiger partial charge in [0.05, 0.1) is 4.92 Å². The van der Waals surface area contributed by atoms with Crippen LogP contribution in [0.3, 0.4) is 0 Å².